The molecular formula is C25H17F13O8. The maximum absolute atomic E-state index is 13.7. The van der Waals surface area contributed by atoms with Gasteiger partial charge < -0.3 is 14.2 Å². The molecule has 256 valence electrons. The molecule has 0 amide bonds. The highest BCUT2D eigenvalue weighted by atomic mass is 19.4. The number of halogens is 13. The second-order valence-electron chi connectivity index (χ2n) is 8.40. The van der Waals surface area contributed by atoms with E-state index in [9.17, 15) is 66.7 Å². The molecule has 0 radical (unpaired) electrons. The van der Waals surface area contributed by atoms with Crippen LogP contribution < -0.4 is 9.47 Å². The number of rotatable bonds is 16. The van der Waals surface area contributed by atoms with Gasteiger partial charge in [-0.25, -0.2) is 23.8 Å². The molecule has 8 nitrogen and oxygen atoms in total. The van der Waals surface area contributed by atoms with Crippen LogP contribution >= 0.6 is 0 Å². The van der Waals surface area contributed by atoms with Gasteiger partial charge in [-0.15, -0.1) is 19.8 Å². The fraction of sp³-hybridized carbons (Fsp3) is 0.360. The van der Waals surface area contributed by atoms with Gasteiger partial charge in [0.15, 0.2) is 6.61 Å². The molecule has 0 N–H and O–H groups in total. The third-order valence-electron chi connectivity index (χ3n) is 4.81. The highest BCUT2D eigenvalue weighted by Gasteiger charge is 2.74. The molecule has 46 heavy (non-hydrogen) atoms. The van der Waals surface area contributed by atoms with E-state index in [1.54, 1.807) is 15.5 Å². The number of carbonyl (C=O) groups excluding carboxylic acids is 2. The van der Waals surface area contributed by atoms with Crippen molar-refractivity contribution in [2.45, 2.75) is 43.3 Å². The van der Waals surface area contributed by atoms with Crippen LogP contribution in [0.5, 0.6) is 11.5 Å². The molecule has 0 spiro atoms. The summed E-state index contributed by atoms with van der Waals surface area (Å²) < 4.78 is 189. The molecule has 0 saturated heterocycles. The average Bonchev–Trinajstić information content (AvgIpc) is 2.90. The molecule has 0 aromatic heterocycles. The normalized spacial score (nSPS) is 13.2. The smallest absolute Gasteiger partial charge is 0.493 e. The second kappa shape index (κ2) is 14.1. The number of carbonyl (C=O) groups is 2. The summed E-state index contributed by atoms with van der Waals surface area (Å²) in [7, 11) is 0. The lowest BCUT2D eigenvalue weighted by Crippen LogP contribution is -2.57. The number of hydrogen-bond acceptors (Lipinski definition) is 8. The van der Waals surface area contributed by atoms with Gasteiger partial charge in [0.25, 0.3) is 0 Å². The second-order valence-corrected chi connectivity index (χ2v) is 8.40. The summed E-state index contributed by atoms with van der Waals surface area (Å²) in [4.78, 5) is 24.2. The summed E-state index contributed by atoms with van der Waals surface area (Å²) in [6.45, 7) is 1.24. The highest BCUT2D eigenvalue weighted by Crippen LogP contribution is 2.48. The standard InChI is InChI=1S/C25H17F13O8/c1-2-3-12-41-16-8-4-15(5-9-16)19(40)43-17-10-6-14(7-11-17)18(39)42-13-20(26,27)44-21(28,29)22(30,31)45-23(32,33)24(34,35)46-25(36,37)38/h2,4-11H,1,3,12-13H2. The van der Waals surface area contributed by atoms with E-state index >= 15 is 0 Å². The van der Waals surface area contributed by atoms with Gasteiger partial charge in [-0.05, 0) is 55.0 Å². The van der Waals surface area contributed by atoms with E-state index in [-0.39, 0.29) is 11.3 Å². The lowest BCUT2D eigenvalue weighted by atomic mass is 10.2. The number of alkyl halides is 13. The van der Waals surface area contributed by atoms with Gasteiger partial charge in [0, 0.05) is 0 Å². The predicted octanol–water partition coefficient (Wildman–Crippen LogP) is 7.55. The Morgan fingerprint density at radius 3 is 1.52 bits per heavy atom. The number of hydrogen-bond donors (Lipinski definition) is 0. The van der Waals surface area contributed by atoms with Crippen LogP contribution in [0.3, 0.4) is 0 Å². The van der Waals surface area contributed by atoms with Crippen molar-refractivity contribution in [1.29, 1.82) is 0 Å². The van der Waals surface area contributed by atoms with Crippen molar-refractivity contribution in [3.05, 3.63) is 72.3 Å². The van der Waals surface area contributed by atoms with E-state index in [1.165, 1.54) is 24.3 Å². The maximum Gasteiger partial charge on any atom is 0.527 e. The Morgan fingerprint density at radius 2 is 1.04 bits per heavy atom. The van der Waals surface area contributed by atoms with Crippen molar-refractivity contribution >= 4 is 11.9 Å². The topological polar surface area (TPSA) is 89.5 Å². The van der Waals surface area contributed by atoms with Gasteiger partial charge in [0.05, 0.1) is 17.7 Å². The molecule has 0 unspecified atom stereocenters. The first-order valence-corrected chi connectivity index (χ1v) is 11.8. The molecule has 2 aromatic rings. The molecule has 0 saturated carbocycles. The Morgan fingerprint density at radius 1 is 0.609 bits per heavy atom. The van der Waals surface area contributed by atoms with Crippen molar-refractivity contribution in [2.75, 3.05) is 13.2 Å². The lowest BCUT2D eigenvalue weighted by molar-refractivity contribution is -0.564. The summed E-state index contributed by atoms with van der Waals surface area (Å²) in [5.74, 6) is -2.41. The van der Waals surface area contributed by atoms with E-state index in [1.807, 2.05) is 0 Å². The Kier molecular flexibility index (Phi) is 11.7. The summed E-state index contributed by atoms with van der Waals surface area (Å²) >= 11 is 0. The number of ether oxygens (including phenoxy) is 6. The summed E-state index contributed by atoms with van der Waals surface area (Å²) in [5, 5.41) is 0. The Hall–Kier alpha value is -4.11. The molecule has 2 aromatic carbocycles. The first-order valence-electron chi connectivity index (χ1n) is 11.8. The van der Waals surface area contributed by atoms with Crippen molar-refractivity contribution in [3.8, 4) is 11.5 Å². The van der Waals surface area contributed by atoms with Crippen LogP contribution in [-0.4, -0.2) is 62.1 Å². The Labute approximate surface area is 248 Å². The minimum absolute atomic E-state index is 0.0571. The third kappa shape index (κ3) is 10.8. The number of esters is 2. The van der Waals surface area contributed by atoms with Crippen molar-refractivity contribution in [2.24, 2.45) is 0 Å². The largest absolute Gasteiger partial charge is 0.527 e. The van der Waals surface area contributed by atoms with Gasteiger partial charge in [0.1, 0.15) is 11.5 Å². The maximum atomic E-state index is 13.7. The molecule has 0 heterocycles. The Bertz CT molecular complexity index is 1350. The molecule has 21 heteroatoms. The van der Waals surface area contributed by atoms with Crippen LogP contribution in [-0.2, 0) is 18.9 Å². The monoisotopic (exact) mass is 692 g/mol. The summed E-state index contributed by atoms with van der Waals surface area (Å²) in [5.41, 5.74) is -0.565. The highest BCUT2D eigenvalue weighted by molar-refractivity contribution is 5.92. The molecular weight excluding hydrogens is 675 g/mol. The van der Waals surface area contributed by atoms with E-state index in [4.69, 9.17) is 9.47 Å². The quantitative estimate of drug-likeness (QED) is 0.0586. The van der Waals surface area contributed by atoms with E-state index < -0.39 is 61.0 Å². The molecule has 0 aliphatic rings. The number of benzene rings is 2. The van der Waals surface area contributed by atoms with Crippen LogP contribution in [0, 0.1) is 0 Å². The van der Waals surface area contributed by atoms with Crippen LogP contribution in [0.2, 0.25) is 0 Å². The van der Waals surface area contributed by atoms with Crippen LogP contribution in [0.25, 0.3) is 0 Å². The van der Waals surface area contributed by atoms with Crippen molar-refractivity contribution < 1.29 is 95.1 Å². The van der Waals surface area contributed by atoms with Crippen LogP contribution in [0.15, 0.2) is 61.2 Å². The lowest BCUT2D eigenvalue weighted by Gasteiger charge is -2.33. The van der Waals surface area contributed by atoms with Crippen LogP contribution in [0.1, 0.15) is 27.1 Å². The summed E-state index contributed by atoms with van der Waals surface area (Å²) in [6.07, 6.45) is -38.5. The van der Waals surface area contributed by atoms with Gasteiger partial charge in [-0.3, -0.25) is 0 Å². The van der Waals surface area contributed by atoms with E-state index in [0.29, 0.717) is 18.8 Å². The average molecular weight is 692 g/mol. The first-order chi connectivity index (χ1) is 20.9. The zero-order valence-corrected chi connectivity index (χ0v) is 22.2. The van der Waals surface area contributed by atoms with Crippen molar-refractivity contribution in [1.82, 2.24) is 0 Å². The zero-order chi connectivity index (χ0) is 35.2. The zero-order valence-electron chi connectivity index (χ0n) is 22.2. The van der Waals surface area contributed by atoms with E-state index in [2.05, 4.69) is 16.1 Å². The van der Waals surface area contributed by atoms with Gasteiger partial charge in [0.2, 0.25) is 0 Å². The van der Waals surface area contributed by atoms with Crippen molar-refractivity contribution in [3.63, 3.8) is 0 Å². The summed E-state index contributed by atoms with van der Waals surface area (Å²) in [6, 6.07) is 9.14. The minimum Gasteiger partial charge on any atom is -0.493 e. The molecule has 0 aliphatic carbocycles. The van der Waals surface area contributed by atoms with Crippen LogP contribution in [0.4, 0.5) is 57.1 Å². The first kappa shape index (κ1) is 38.1. The van der Waals surface area contributed by atoms with Gasteiger partial charge in [-0.1, -0.05) is 6.08 Å². The van der Waals surface area contributed by atoms with E-state index in [0.717, 1.165) is 24.3 Å². The third-order valence-corrected chi connectivity index (χ3v) is 4.81. The fourth-order valence-corrected chi connectivity index (χ4v) is 2.77. The van der Waals surface area contributed by atoms with Gasteiger partial charge in [-0.2, -0.15) is 43.9 Å². The predicted molar refractivity (Wildman–Crippen MR) is 122 cm³/mol. The van der Waals surface area contributed by atoms with Gasteiger partial charge >= 0.3 is 48.8 Å². The molecule has 0 aliphatic heterocycles. The molecule has 0 fully saturated rings. The molecule has 0 atom stereocenters. The SMILES string of the molecule is C=CCCOc1ccc(C(=O)Oc2ccc(C(=O)OCC(F)(F)OC(F)(F)C(F)(F)OC(F)(F)C(F)(F)OC(F)(F)F)cc2)cc1. The molecule has 0 bridgehead atoms. The Balaban J connectivity index is 1.98. The fourth-order valence-electron chi connectivity index (χ4n) is 2.77. The molecule has 2 rings (SSSR count). The minimum atomic E-state index is -7.19.